The van der Waals surface area contributed by atoms with Crippen molar-refractivity contribution in [3.8, 4) is 0 Å². The molecule has 0 radical (unpaired) electrons. The molecule has 1 aromatic rings. The third kappa shape index (κ3) is 4.45. The van der Waals surface area contributed by atoms with Crippen molar-refractivity contribution in [3.05, 3.63) is 30.3 Å². The van der Waals surface area contributed by atoms with E-state index in [9.17, 15) is 19.2 Å². The monoisotopic (exact) mass is 373 g/mol. The molecule has 1 aromatic carbocycles. The fourth-order valence-corrected chi connectivity index (χ4v) is 3.29. The Labute approximate surface area is 157 Å². The van der Waals surface area contributed by atoms with Crippen molar-refractivity contribution in [2.75, 3.05) is 37.6 Å². The van der Waals surface area contributed by atoms with Crippen LogP contribution in [0.25, 0.3) is 0 Å². The lowest BCUT2D eigenvalue weighted by molar-refractivity contribution is -0.162. The van der Waals surface area contributed by atoms with Crippen LogP contribution in [-0.2, 0) is 23.9 Å². The predicted octanol–water partition coefficient (Wildman–Crippen LogP) is 0.416. The highest BCUT2D eigenvalue weighted by atomic mass is 16.5. The van der Waals surface area contributed by atoms with Crippen LogP contribution in [0.4, 0.5) is 5.69 Å². The number of hydrogen-bond acceptors (Lipinski definition) is 6. The average molecular weight is 373 g/mol. The van der Waals surface area contributed by atoms with E-state index in [0.717, 1.165) is 10.6 Å². The lowest BCUT2D eigenvalue weighted by atomic mass is 10.2. The molecule has 0 bridgehead atoms. The number of imide groups is 1. The first kappa shape index (κ1) is 18.9. The van der Waals surface area contributed by atoms with Crippen LogP contribution in [0.15, 0.2) is 30.3 Å². The Morgan fingerprint density at radius 3 is 2.19 bits per heavy atom. The number of rotatable bonds is 5. The van der Waals surface area contributed by atoms with Crippen LogP contribution >= 0.6 is 0 Å². The van der Waals surface area contributed by atoms with Gasteiger partial charge in [0.2, 0.25) is 11.8 Å². The maximum Gasteiger partial charge on any atom is 0.326 e. The van der Waals surface area contributed by atoms with E-state index in [1.807, 2.05) is 30.3 Å². The van der Waals surface area contributed by atoms with Crippen molar-refractivity contribution in [1.82, 2.24) is 9.80 Å². The number of nitrogens with zero attached hydrogens (tertiary/aromatic N) is 3. The first-order chi connectivity index (χ1) is 13.0. The fourth-order valence-electron chi connectivity index (χ4n) is 3.29. The molecule has 3 rings (SSSR count). The minimum absolute atomic E-state index is 0.117. The fraction of sp³-hybridized carbons (Fsp3) is 0.474. The number of carbonyl (C=O) groups excluding carboxylic acids is 4. The number of likely N-dealkylation sites (tertiary alicyclic amines) is 1. The highest BCUT2D eigenvalue weighted by Crippen LogP contribution is 2.16. The van der Waals surface area contributed by atoms with E-state index < -0.39 is 18.6 Å². The lowest BCUT2D eigenvalue weighted by Gasteiger charge is -2.37. The number of para-hydroxylation sites is 1. The summed E-state index contributed by atoms with van der Waals surface area (Å²) >= 11 is 0. The van der Waals surface area contributed by atoms with Crippen LogP contribution in [0, 0.1) is 0 Å². The molecule has 8 nitrogen and oxygen atoms in total. The Morgan fingerprint density at radius 2 is 1.59 bits per heavy atom. The highest BCUT2D eigenvalue weighted by molar-refractivity contribution is 6.04. The topological polar surface area (TPSA) is 87.2 Å². The van der Waals surface area contributed by atoms with Gasteiger partial charge in [-0.25, -0.2) is 0 Å². The minimum atomic E-state index is -0.950. The molecule has 8 heteroatoms. The van der Waals surface area contributed by atoms with Gasteiger partial charge in [0.1, 0.15) is 6.54 Å². The third-order valence-corrected chi connectivity index (χ3v) is 4.81. The number of benzene rings is 1. The second-order valence-corrected chi connectivity index (χ2v) is 6.65. The molecule has 2 fully saturated rings. The Kier molecular flexibility index (Phi) is 5.73. The van der Waals surface area contributed by atoms with Gasteiger partial charge in [-0.3, -0.25) is 24.1 Å². The predicted molar refractivity (Wildman–Crippen MR) is 96.7 cm³/mol. The van der Waals surface area contributed by atoms with Gasteiger partial charge in [0.05, 0.1) is 0 Å². The van der Waals surface area contributed by atoms with Crippen LogP contribution in [0.1, 0.15) is 19.8 Å². The maximum atomic E-state index is 12.5. The molecular formula is C19H23N3O5. The van der Waals surface area contributed by atoms with Crippen LogP contribution in [0.2, 0.25) is 0 Å². The van der Waals surface area contributed by atoms with E-state index in [1.165, 1.54) is 6.92 Å². The first-order valence-electron chi connectivity index (χ1n) is 9.07. The Balaban J connectivity index is 1.47. The van der Waals surface area contributed by atoms with Crippen molar-refractivity contribution in [1.29, 1.82) is 0 Å². The summed E-state index contributed by atoms with van der Waals surface area (Å²) in [6.07, 6.45) is -0.716. The second kappa shape index (κ2) is 8.20. The molecule has 0 spiro atoms. The maximum absolute atomic E-state index is 12.5. The SMILES string of the molecule is C[C@H](OC(=O)CN1C(=O)CCC1=O)C(=O)N1CCN(c2ccccc2)CC1. The van der Waals surface area contributed by atoms with E-state index in [4.69, 9.17) is 4.74 Å². The van der Waals surface area contributed by atoms with E-state index >= 15 is 0 Å². The number of anilines is 1. The van der Waals surface area contributed by atoms with Gasteiger partial charge in [-0.15, -0.1) is 0 Å². The number of esters is 1. The molecule has 144 valence electrons. The van der Waals surface area contributed by atoms with Gasteiger partial charge < -0.3 is 14.5 Å². The largest absolute Gasteiger partial charge is 0.451 e. The normalized spacial score (nSPS) is 18.6. The quantitative estimate of drug-likeness (QED) is 0.549. The zero-order chi connectivity index (χ0) is 19.4. The van der Waals surface area contributed by atoms with Crippen molar-refractivity contribution in [2.24, 2.45) is 0 Å². The lowest BCUT2D eigenvalue weighted by Crippen LogP contribution is -2.52. The number of piperazine rings is 1. The summed E-state index contributed by atoms with van der Waals surface area (Å²) in [6.45, 7) is 3.56. The average Bonchev–Trinajstić information content (AvgIpc) is 3.00. The van der Waals surface area contributed by atoms with Gasteiger partial charge in [-0.1, -0.05) is 18.2 Å². The van der Waals surface area contributed by atoms with E-state index in [-0.39, 0.29) is 30.6 Å². The summed E-state index contributed by atoms with van der Waals surface area (Å²) in [7, 11) is 0. The first-order valence-corrected chi connectivity index (χ1v) is 9.07. The van der Waals surface area contributed by atoms with Crippen molar-refractivity contribution in [2.45, 2.75) is 25.9 Å². The van der Waals surface area contributed by atoms with Crippen molar-refractivity contribution in [3.63, 3.8) is 0 Å². The summed E-state index contributed by atoms with van der Waals surface area (Å²) in [4.78, 5) is 52.4. The van der Waals surface area contributed by atoms with Crippen LogP contribution in [0.5, 0.6) is 0 Å². The Morgan fingerprint density at radius 1 is 1.00 bits per heavy atom. The van der Waals surface area contributed by atoms with Gasteiger partial charge in [-0.2, -0.15) is 0 Å². The van der Waals surface area contributed by atoms with Crippen LogP contribution < -0.4 is 4.90 Å². The number of ether oxygens (including phenoxy) is 1. The smallest absolute Gasteiger partial charge is 0.326 e. The van der Waals surface area contributed by atoms with Gasteiger partial charge in [0.15, 0.2) is 6.10 Å². The van der Waals surface area contributed by atoms with Gasteiger partial charge >= 0.3 is 5.97 Å². The molecule has 0 N–H and O–H groups in total. The highest BCUT2D eigenvalue weighted by Gasteiger charge is 2.33. The number of hydrogen-bond donors (Lipinski definition) is 0. The summed E-state index contributed by atoms with van der Waals surface area (Å²) < 4.78 is 5.15. The molecule has 1 atom stereocenters. The van der Waals surface area contributed by atoms with E-state index in [1.54, 1.807) is 4.90 Å². The number of amides is 3. The molecule has 0 aromatic heterocycles. The molecule has 2 aliphatic heterocycles. The summed E-state index contributed by atoms with van der Waals surface area (Å²) in [6, 6.07) is 9.97. The Bertz CT molecular complexity index is 712. The van der Waals surface area contributed by atoms with E-state index in [0.29, 0.717) is 26.2 Å². The molecule has 2 saturated heterocycles. The third-order valence-electron chi connectivity index (χ3n) is 4.81. The van der Waals surface area contributed by atoms with Gasteiger partial charge in [-0.05, 0) is 19.1 Å². The molecule has 2 aliphatic rings. The zero-order valence-electron chi connectivity index (χ0n) is 15.3. The summed E-state index contributed by atoms with van der Waals surface area (Å²) in [5.41, 5.74) is 1.11. The van der Waals surface area contributed by atoms with Crippen molar-refractivity contribution >= 4 is 29.4 Å². The van der Waals surface area contributed by atoms with Gasteiger partial charge in [0, 0.05) is 44.7 Å². The molecule has 3 amide bonds. The number of carbonyl (C=O) groups is 4. The summed E-state index contributed by atoms with van der Waals surface area (Å²) in [5.74, 6) is -1.78. The van der Waals surface area contributed by atoms with Gasteiger partial charge in [0.25, 0.3) is 5.91 Å². The second-order valence-electron chi connectivity index (χ2n) is 6.65. The Hall–Kier alpha value is -2.90. The van der Waals surface area contributed by atoms with Crippen molar-refractivity contribution < 1.29 is 23.9 Å². The molecule has 0 unspecified atom stereocenters. The molecule has 27 heavy (non-hydrogen) atoms. The standard InChI is InChI=1S/C19H23N3O5/c1-14(27-18(25)13-22-16(23)7-8-17(22)24)19(26)21-11-9-20(10-12-21)15-5-3-2-4-6-15/h2-6,14H,7-13H2,1H3/t14-/m0/s1. The molecular weight excluding hydrogens is 350 g/mol. The van der Waals surface area contributed by atoms with Crippen LogP contribution in [-0.4, -0.2) is 72.3 Å². The van der Waals surface area contributed by atoms with E-state index in [2.05, 4.69) is 4.90 Å². The zero-order valence-corrected chi connectivity index (χ0v) is 15.3. The molecule has 0 aliphatic carbocycles. The molecule has 2 heterocycles. The van der Waals surface area contributed by atoms with Crippen LogP contribution in [0.3, 0.4) is 0 Å². The summed E-state index contributed by atoms with van der Waals surface area (Å²) in [5, 5.41) is 0. The molecule has 0 saturated carbocycles. The minimum Gasteiger partial charge on any atom is -0.451 e.